The van der Waals surface area contributed by atoms with Gasteiger partial charge in [-0.1, -0.05) is 12.8 Å². The lowest BCUT2D eigenvalue weighted by Gasteiger charge is -2.57. The average Bonchev–Trinajstić information content (AvgIpc) is 2.51. The van der Waals surface area contributed by atoms with Gasteiger partial charge in [0.2, 0.25) is 12.2 Å². The van der Waals surface area contributed by atoms with Crippen molar-refractivity contribution in [2.75, 3.05) is 0 Å². The SMILES string of the molecule is O=C=NC1(N=C=O)C2CC3C24CCCCC314. The predicted octanol–water partition coefficient (Wildman–Crippen LogP) is 1.56. The van der Waals surface area contributed by atoms with E-state index >= 15 is 0 Å². The number of carbonyl (C=O) groups excluding carboxylic acids is 2. The van der Waals surface area contributed by atoms with Gasteiger partial charge < -0.3 is 0 Å². The summed E-state index contributed by atoms with van der Waals surface area (Å²) in [5.74, 6) is 0.995. The normalized spacial score (nSPS) is 58.8. The van der Waals surface area contributed by atoms with Crippen LogP contribution in [-0.4, -0.2) is 17.8 Å². The van der Waals surface area contributed by atoms with E-state index < -0.39 is 5.66 Å². The number of nitrogens with zero attached hydrogens (tertiary/aromatic N) is 2. The highest BCUT2D eigenvalue weighted by atomic mass is 16.1. The topological polar surface area (TPSA) is 58.9 Å². The number of aliphatic imine (C=N–C) groups is 2. The minimum absolute atomic E-state index is 0.0533. The second-order valence-electron chi connectivity index (χ2n) is 5.69. The minimum atomic E-state index is -0.748. The van der Waals surface area contributed by atoms with Crippen LogP contribution in [0.25, 0.3) is 0 Å². The maximum Gasteiger partial charge on any atom is 0.237 e. The molecule has 82 valence electrons. The zero-order chi connectivity index (χ0) is 11.0. The van der Waals surface area contributed by atoms with Crippen LogP contribution in [0.15, 0.2) is 9.98 Å². The van der Waals surface area contributed by atoms with Crippen molar-refractivity contribution in [3.05, 3.63) is 0 Å². The first kappa shape index (κ1) is 8.86. The highest BCUT2D eigenvalue weighted by Gasteiger charge is 3.03. The molecule has 16 heavy (non-hydrogen) atoms. The molecule has 4 heteroatoms. The summed E-state index contributed by atoms with van der Waals surface area (Å²) in [6.07, 6.45) is 9.14. The molecule has 0 bridgehead atoms. The molecule has 0 amide bonds. The Balaban J connectivity index is 1.88. The predicted molar refractivity (Wildman–Crippen MR) is 53.9 cm³/mol. The first-order chi connectivity index (χ1) is 7.80. The van der Waals surface area contributed by atoms with E-state index in [-0.39, 0.29) is 5.41 Å². The summed E-state index contributed by atoms with van der Waals surface area (Å²) in [6.45, 7) is 0. The molecule has 0 saturated heterocycles. The Morgan fingerprint density at radius 3 is 2.38 bits per heavy atom. The van der Waals surface area contributed by atoms with Crippen molar-refractivity contribution in [2.45, 2.75) is 37.8 Å². The van der Waals surface area contributed by atoms with E-state index in [4.69, 9.17) is 0 Å². The van der Waals surface area contributed by atoms with Crippen LogP contribution in [0.2, 0.25) is 0 Å². The molecule has 0 heterocycles. The zero-order valence-electron chi connectivity index (χ0n) is 8.90. The van der Waals surface area contributed by atoms with E-state index in [1.165, 1.54) is 19.3 Å². The number of hydrogen-bond acceptors (Lipinski definition) is 4. The molecule has 0 aromatic carbocycles. The minimum Gasteiger partial charge on any atom is -0.211 e. The summed E-state index contributed by atoms with van der Waals surface area (Å²) in [4.78, 5) is 29.1. The summed E-state index contributed by atoms with van der Waals surface area (Å²) in [5.41, 5.74) is -0.286. The Morgan fingerprint density at radius 2 is 1.69 bits per heavy atom. The molecule has 4 nitrogen and oxygen atoms in total. The second kappa shape index (κ2) is 2.22. The third kappa shape index (κ3) is 0.494. The van der Waals surface area contributed by atoms with Gasteiger partial charge in [0.1, 0.15) is 0 Å². The van der Waals surface area contributed by atoms with E-state index in [1.807, 2.05) is 0 Å². The van der Waals surface area contributed by atoms with Gasteiger partial charge in [-0.15, -0.1) is 0 Å². The molecule has 0 aliphatic heterocycles. The summed E-state index contributed by atoms with van der Waals surface area (Å²) in [6, 6.07) is 0. The maximum absolute atomic E-state index is 10.6. The third-order valence-electron chi connectivity index (χ3n) is 6.04. The first-order valence-electron chi connectivity index (χ1n) is 5.98. The van der Waals surface area contributed by atoms with Gasteiger partial charge in [0.05, 0.1) is 0 Å². The molecular weight excluding hydrogens is 204 g/mol. The molecule has 0 aromatic rings. The molecule has 0 radical (unpaired) electrons. The van der Waals surface area contributed by atoms with Crippen molar-refractivity contribution in [1.82, 2.24) is 0 Å². The fourth-order valence-electron chi connectivity index (χ4n) is 5.83. The van der Waals surface area contributed by atoms with Gasteiger partial charge in [-0.25, -0.2) is 9.59 Å². The standard InChI is InChI=1S/C12H12N2O2/c15-6-13-12(14-7-16)9-5-8-10(9)3-1-2-4-11(8,10)12/h8-9H,1-5H2. The third-order valence-corrected chi connectivity index (χ3v) is 6.04. The number of isocyanates is 2. The number of rotatable bonds is 2. The first-order valence-corrected chi connectivity index (χ1v) is 5.98. The van der Waals surface area contributed by atoms with E-state index in [1.54, 1.807) is 12.2 Å². The average molecular weight is 216 g/mol. The van der Waals surface area contributed by atoms with Crippen LogP contribution < -0.4 is 0 Å². The molecule has 4 saturated carbocycles. The summed E-state index contributed by atoms with van der Waals surface area (Å²) in [7, 11) is 0. The lowest BCUT2D eigenvalue weighted by atomic mass is 9.50. The molecule has 4 unspecified atom stereocenters. The molecule has 4 aliphatic rings. The Labute approximate surface area is 92.8 Å². The molecule has 4 rings (SSSR count). The molecule has 4 fully saturated rings. The van der Waals surface area contributed by atoms with Crippen molar-refractivity contribution in [3.63, 3.8) is 0 Å². The maximum atomic E-state index is 10.6. The molecule has 4 atom stereocenters. The Kier molecular flexibility index (Phi) is 1.23. The highest BCUT2D eigenvalue weighted by molar-refractivity contribution is 5.56. The smallest absolute Gasteiger partial charge is 0.211 e. The van der Waals surface area contributed by atoms with Crippen molar-refractivity contribution in [1.29, 1.82) is 0 Å². The fraction of sp³-hybridized carbons (Fsp3) is 0.833. The lowest BCUT2D eigenvalue weighted by molar-refractivity contribution is -0.0787. The van der Waals surface area contributed by atoms with Crippen LogP contribution in [-0.2, 0) is 9.59 Å². The lowest BCUT2D eigenvalue weighted by Crippen LogP contribution is -2.60. The number of hydrogen-bond donors (Lipinski definition) is 0. The van der Waals surface area contributed by atoms with E-state index in [0.717, 1.165) is 12.8 Å². The molecule has 0 N–H and O–H groups in total. The quantitative estimate of drug-likeness (QED) is 0.519. The Bertz CT molecular complexity index is 471. The van der Waals surface area contributed by atoms with Crippen LogP contribution in [0.1, 0.15) is 32.1 Å². The summed E-state index contributed by atoms with van der Waals surface area (Å²) < 4.78 is 0. The largest absolute Gasteiger partial charge is 0.237 e. The van der Waals surface area contributed by atoms with Crippen LogP contribution in [0.3, 0.4) is 0 Å². The molecule has 4 aliphatic carbocycles. The van der Waals surface area contributed by atoms with Gasteiger partial charge in [-0.3, -0.25) is 0 Å². The van der Waals surface area contributed by atoms with E-state index in [2.05, 4.69) is 9.98 Å². The van der Waals surface area contributed by atoms with Crippen molar-refractivity contribution < 1.29 is 9.59 Å². The van der Waals surface area contributed by atoms with Crippen molar-refractivity contribution >= 4 is 12.2 Å². The highest BCUT2D eigenvalue weighted by Crippen LogP contribution is 3.02. The fourth-order valence-corrected chi connectivity index (χ4v) is 5.83. The van der Waals surface area contributed by atoms with Crippen LogP contribution in [0, 0.1) is 22.7 Å². The van der Waals surface area contributed by atoms with Gasteiger partial charge in [-0.2, -0.15) is 9.98 Å². The van der Waals surface area contributed by atoms with E-state index in [0.29, 0.717) is 17.3 Å². The summed E-state index contributed by atoms with van der Waals surface area (Å²) in [5, 5.41) is 0. The molecular formula is C12H12N2O2. The zero-order valence-corrected chi connectivity index (χ0v) is 8.90. The van der Waals surface area contributed by atoms with Crippen LogP contribution in [0.5, 0.6) is 0 Å². The second-order valence-corrected chi connectivity index (χ2v) is 5.69. The summed E-state index contributed by atoms with van der Waals surface area (Å²) >= 11 is 0. The molecule has 0 aromatic heterocycles. The Hall–Kier alpha value is -1.24. The van der Waals surface area contributed by atoms with E-state index in [9.17, 15) is 9.59 Å². The van der Waals surface area contributed by atoms with Gasteiger partial charge in [0, 0.05) is 11.3 Å². The van der Waals surface area contributed by atoms with Gasteiger partial charge in [0.15, 0.2) is 5.66 Å². The van der Waals surface area contributed by atoms with Crippen molar-refractivity contribution in [3.8, 4) is 0 Å². The van der Waals surface area contributed by atoms with Gasteiger partial charge in [-0.05, 0) is 30.6 Å². The molecule has 1 spiro atoms. The van der Waals surface area contributed by atoms with Gasteiger partial charge in [0.25, 0.3) is 0 Å². The monoisotopic (exact) mass is 216 g/mol. The van der Waals surface area contributed by atoms with Crippen LogP contribution >= 0.6 is 0 Å². The Morgan fingerprint density at radius 1 is 1.00 bits per heavy atom. The van der Waals surface area contributed by atoms with Gasteiger partial charge >= 0.3 is 0 Å². The van der Waals surface area contributed by atoms with Crippen LogP contribution in [0.4, 0.5) is 0 Å². The van der Waals surface area contributed by atoms with Crippen molar-refractivity contribution in [2.24, 2.45) is 32.7 Å².